The zero-order chi connectivity index (χ0) is 23.2. The standard InChI is InChI=1S/C30H44ClFO/c1-3-5-21-6-8-22(9-7-21)23-10-12-24(13-11-23)25-14-16-26(17-15-25)27-18-19-28(33-20-4-2)29(31)30(27)32/h16,18-19,21-25H,3-15,17,20H2,1-2H3. The van der Waals surface area contributed by atoms with Crippen molar-refractivity contribution in [3.63, 3.8) is 0 Å². The van der Waals surface area contributed by atoms with Gasteiger partial charge in [-0.15, -0.1) is 0 Å². The molecule has 0 N–H and O–H groups in total. The summed E-state index contributed by atoms with van der Waals surface area (Å²) in [5, 5.41) is 0.131. The Bertz CT molecular complexity index is 787. The number of allylic oxidation sites excluding steroid dienone is 2. The van der Waals surface area contributed by atoms with Crippen LogP contribution in [-0.4, -0.2) is 6.61 Å². The van der Waals surface area contributed by atoms with E-state index in [4.69, 9.17) is 16.3 Å². The summed E-state index contributed by atoms with van der Waals surface area (Å²) < 4.78 is 20.5. The summed E-state index contributed by atoms with van der Waals surface area (Å²) in [4.78, 5) is 0. The Morgan fingerprint density at radius 3 is 2.06 bits per heavy atom. The van der Waals surface area contributed by atoms with Gasteiger partial charge in [0.15, 0.2) is 5.82 Å². The first kappa shape index (κ1) is 25.1. The van der Waals surface area contributed by atoms with Crippen molar-refractivity contribution in [2.45, 2.75) is 104 Å². The fourth-order valence-electron chi connectivity index (χ4n) is 7.07. The molecule has 2 saturated carbocycles. The molecule has 0 saturated heterocycles. The Morgan fingerprint density at radius 2 is 1.48 bits per heavy atom. The molecule has 1 aromatic carbocycles. The molecule has 3 heteroatoms. The molecule has 3 aliphatic carbocycles. The van der Waals surface area contributed by atoms with Gasteiger partial charge < -0.3 is 4.74 Å². The van der Waals surface area contributed by atoms with E-state index in [1.807, 2.05) is 19.1 Å². The number of rotatable bonds is 8. The van der Waals surface area contributed by atoms with Crippen molar-refractivity contribution in [3.8, 4) is 5.75 Å². The molecule has 0 spiro atoms. The van der Waals surface area contributed by atoms with Crippen molar-refractivity contribution >= 4 is 17.2 Å². The van der Waals surface area contributed by atoms with Gasteiger partial charge in [-0.1, -0.05) is 57.2 Å². The van der Waals surface area contributed by atoms with Gasteiger partial charge in [0.05, 0.1) is 6.61 Å². The monoisotopic (exact) mass is 474 g/mol. The second kappa shape index (κ2) is 12.1. The molecule has 1 atom stereocenters. The Hall–Kier alpha value is -1.02. The largest absolute Gasteiger partial charge is 0.492 e. The van der Waals surface area contributed by atoms with Gasteiger partial charge >= 0.3 is 0 Å². The normalized spacial score (nSPS) is 30.7. The summed E-state index contributed by atoms with van der Waals surface area (Å²) in [6, 6.07) is 3.69. The summed E-state index contributed by atoms with van der Waals surface area (Å²) in [7, 11) is 0. The van der Waals surface area contributed by atoms with Crippen LogP contribution < -0.4 is 4.74 Å². The van der Waals surface area contributed by atoms with Gasteiger partial charge in [-0.3, -0.25) is 0 Å². The minimum absolute atomic E-state index is 0.131. The maximum atomic E-state index is 15.0. The van der Waals surface area contributed by atoms with Gasteiger partial charge in [0.2, 0.25) is 0 Å². The van der Waals surface area contributed by atoms with Crippen LogP contribution in [0.1, 0.15) is 109 Å². The summed E-state index contributed by atoms with van der Waals surface area (Å²) in [6.07, 6.45) is 20.9. The highest BCUT2D eigenvalue weighted by Gasteiger charge is 2.33. The lowest BCUT2D eigenvalue weighted by atomic mass is 9.65. The van der Waals surface area contributed by atoms with Crippen LogP contribution in [0, 0.1) is 35.4 Å². The van der Waals surface area contributed by atoms with E-state index in [2.05, 4.69) is 13.0 Å². The summed E-state index contributed by atoms with van der Waals surface area (Å²) in [5.74, 6) is 4.81. The van der Waals surface area contributed by atoms with E-state index < -0.39 is 0 Å². The lowest BCUT2D eigenvalue weighted by Gasteiger charge is -2.40. The smallest absolute Gasteiger partial charge is 0.153 e. The summed E-state index contributed by atoms with van der Waals surface area (Å²) in [6.45, 7) is 4.93. The second-order valence-corrected chi connectivity index (χ2v) is 11.5. The maximum Gasteiger partial charge on any atom is 0.153 e. The Morgan fingerprint density at radius 1 is 0.848 bits per heavy atom. The van der Waals surface area contributed by atoms with Crippen molar-refractivity contribution in [1.82, 2.24) is 0 Å². The van der Waals surface area contributed by atoms with E-state index in [0.29, 0.717) is 17.9 Å². The van der Waals surface area contributed by atoms with E-state index in [1.54, 1.807) is 0 Å². The highest BCUT2D eigenvalue weighted by Crippen LogP contribution is 2.46. The van der Waals surface area contributed by atoms with E-state index >= 15 is 0 Å². The van der Waals surface area contributed by atoms with Crippen molar-refractivity contribution in [3.05, 3.63) is 34.6 Å². The summed E-state index contributed by atoms with van der Waals surface area (Å²) in [5.41, 5.74) is 1.80. The fourth-order valence-corrected chi connectivity index (χ4v) is 7.29. The van der Waals surface area contributed by atoms with Crippen molar-refractivity contribution < 1.29 is 9.13 Å². The van der Waals surface area contributed by atoms with Gasteiger partial charge in [0.25, 0.3) is 0 Å². The Labute approximate surface area is 206 Å². The van der Waals surface area contributed by atoms with Crippen molar-refractivity contribution in [2.24, 2.45) is 29.6 Å². The average molecular weight is 475 g/mol. The molecule has 33 heavy (non-hydrogen) atoms. The Kier molecular flexibility index (Phi) is 9.19. The van der Waals surface area contributed by atoms with E-state index in [0.717, 1.165) is 54.4 Å². The molecule has 0 amide bonds. The van der Waals surface area contributed by atoms with Gasteiger partial charge in [-0.25, -0.2) is 4.39 Å². The third kappa shape index (κ3) is 6.16. The molecular formula is C30H44ClFO. The number of hydrogen-bond donors (Lipinski definition) is 0. The van der Waals surface area contributed by atoms with E-state index in [-0.39, 0.29) is 10.8 Å². The number of ether oxygens (including phenoxy) is 1. The lowest BCUT2D eigenvalue weighted by molar-refractivity contribution is 0.121. The fraction of sp³-hybridized carbons (Fsp3) is 0.733. The molecule has 0 radical (unpaired) electrons. The molecule has 0 heterocycles. The third-order valence-electron chi connectivity index (χ3n) is 9.04. The first-order valence-electron chi connectivity index (χ1n) is 13.9. The van der Waals surface area contributed by atoms with Crippen molar-refractivity contribution in [2.75, 3.05) is 6.61 Å². The molecule has 0 aliphatic heterocycles. The Balaban J connectivity index is 1.27. The highest BCUT2D eigenvalue weighted by molar-refractivity contribution is 6.32. The molecule has 3 aliphatic rings. The quantitative estimate of drug-likeness (QED) is 0.364. The molecule has 0 aromatic heterocycles. The van der Waals surface area contributed by atoms with Crippen LogP contribution in [0.25, 0.3) is 5.57 Å². The highest BCUT2D eigenvalue weighted by atomic mass is 35.5. The molecule has 0 bridgehead atoms. The number of halogens is 2. The predicted octanol–water partition coefficient (Wildman–Crippen LogP) is 9.86. The van der Waals surface area contributed by atoms with Gasteiger partial charge in [-0.05, 0) is 112 Å². The van der Waals surface area contributed by atoms with E-state index in [9.17, 15) is 4.39 Å². The first-order chi connectivity index (χ1) is 16.1. The maximum absolute atomic E-state index is 15.0. The van der Waals surface area contributed by atoms with Crippen LogP contribution in [0.2, 0.25) is 5.02 Å². The third-order valence-corrected chi connectivity index (χ3v) is 9.40. The number of hydrogen-bond acceptors (Lipinski definition) is 1. The molecule has 1 aromatic rings. The van der Waals surface area contributed by atoms with Gasteiger partial charge in [-0.2, -0.15) is 0 Å². The van der Waals surface area contributed by atoms with E-state index in [1.165, 1.54) is 70.6 Å². The molecule has 1 nitrogen and oxygen atoms in total. The second-order valence-electron chi connectivity index (χ2n) is 11.1. The SMILES string of the molecule is CCCOc1ccc(C2=CCC(C3CCC(C4CCC(CCC)CC4)CC3)CC2)c(F)c1Cl. The van der Waals surface area contributed by atoms with Gasteiger partial charge in [0.1, 0.15) is 10.8 Å². The molecule has 184 valence electrons. The van der Waals surface area contributed by atoms with Crippen LogP contribution in [0.5, 0.6) is 5.75 Å². The zero-order valence-corrected chi connectivity index (χ0v) is 21.6. The minimum atomic E-state index is -0.316. The van der Waals surface area contributed by atoms with Crippen LogP contribution in [0.15, 0.2) is 18.2 Å². The van der Waals surface area contributed by atoms with Crippen LogP contribution in [0.3, 0.4) is 0 Å². The molecular weight excluding hydrogens is 431 g/mol. The van der Waals surface area contributed by atoms with Gasteiger partial charge in [0, 0.05) is 5.56 Å². The number of benzene rings is 1. The zero-order valence-electron chi connectivity index (χ0n) is 20.9. The van der Waals surface area contributed by atoms with Crippen molar-refractivity contribution in [1.29, 1.82) is 0 Å². The summed E-state index contributed by atoms with van der Waals surface area (Å²) >= 11 is 6.28. The van der Waals surface area contributed by atoms with Crippen LogP contribution in [0.4, 0.5) is 4.39 Å². The molecule has 1 unspecified atom stereocenters. The predicted molar refractivity (Wildman–Crippen MR) is 138 cm³/mol. The lowest BCUT2D eigenvalue weighted by Crippen LogP contribution is -2.28. The average Bonchev–Trinajstić information content (AvgIpc) is 2.86. The molecule has 4 rings (SSSR count). The first-order valence-corrected chi connectivity index (χ1v) is 14.3. The topological polar surface area (TPSA) is 9.23 Å². The minimum Gasteiger partial charge on any atom is -0.492 e. The van der Waals surface area contributed by atoms with Crippen LogP contribution >= 0.6 is 11.6 Å². The molecule has 2 fully saturated rings. The van der Waals surface area contributed by atoms with Crippen LogP contribution in [-0.2, 0) is 0 Å².